The van der Waals surface area contributed by atoms with Crippen molar-refractivity contribution < 1.29 is 4.39 Å². The van der Waals surface area contributed by atoms with Crippen molar-refractivity contribution in [2.75, 3.05) is 13.1 Å². The molecule has 5 heteroatoms. The molecule has 1 aliphatic rings. The maximum atomic E-state index is 12.9. The predicted molar refractivity (Wildman–Crippen MR) is 56.4 cm³/mol. The van der Waals surface area contributed by atoms with Crippen molar-refractivity contribution in [1.29, 1.82) is 0 Å². The van der Waals surface area contributed by atoms with Crippen LogP contribution in [0.2, 0.25) is 5.28 Å². The number of rotatable bonds is 2. The monoisotopic (exact) mass is 229 g/mol. The number of halogens is 2. The summed E-state index contributed by atoms with van der Waals surface area (Å²) in [5.74, 6) is 0. The van der Waals surface area contributed by atoms with Gasteiger partial charge in [-0.2, -0.15) is 0 Å². The number of nitrogens with zero attached hydrogens (tertiary/aromatic N) is 3. The van der Waals surface area contributed by atoms with E-state index in [9.17, 15) is 4.39 Å². The number of hydrogen-bond acceptors (Lipinski definition) is 3. The van der Waals surface area contributed by atoms with Gasteiger partial charge in [-0.1, -0.05) is 0 Å². The van der Waals surface area contributed by atoms with Gasteiger partial charge in [0.25, 0.3) is 0 Å². The lowest BCUT2D eigenvalue weighted by Crippen LogP contribution is -2.33. The van der Waals surface area contributed by atoms with Gasteiger partial charge in [-0.15, -0.1) is 0 Å². The summed E-state index contributed by atoms with van der Waals surface area (Å²) >= 11 is 5.59. The molecular weight excluding hydrogens is 217 g/mol. The van der Waals surface area contributed by atoms with Gasteiger partial charge in [0.15, 0.2) is 0 Å². The third kappa shape index (κ3) is 3.11. The van der Waals surface area contributed by atoms with Crippen LogP contribution >= 0.6 is 11.6 Å². The molecule has 2 heterocycles. The van der Waals surface area contributed by atoms with E-state index in [0.717, 1.165) is 25.2 Å². The Hall–Kier alpha value is -0.740. The van der Waals surface area contributed by atoms with Crippen LogP contribution in [-0.2, 0) is 6.54 Å². The first-order valence-electron chi connectivity index (χ1n) is 5.07. The average Bonchev–Trinajstić information content (AvgIpc) is 2.25. The molecule has 15 heavy (non-hydrogen) atoms. The summed E-state index contributed by atoms with van der Waals surface area (Å²) in [6, 6.07) is 0. The fraction of sp³-hybridized carbons (Fsp3) is 0.600. The molecule has 0 saturated carbocycles. The summed E-state index contributed by atoms with van der Waals surface area (Å²) in [4.78, 5) is 10.0. The Balaban J connectivity index is 1.89. The second-order valence-electron chi connectivity index (χ2n) is 3.81. The van der Waals surface area contributed by atoms with Gasteiger partial charge in [-0.3, -0.25) is 4.90 Å². The molecule has 1 aliphatic heterocycles. The largest absolute Gasteiger partial charge is 0.299 e. The number of likely N-dealkylation sites (tertiary alicyclic amines) is 1. The molecule has 1 aromatic rings. The normalized spacial score (nSPS) is 19.3. The lowest BCUT2D eigenvalue weighted by molar-refractivity contribution is 0.145. The Morgan fingerprint density at radius 2 is 1.93 bits per heavy atom. The maximum absolute atomic E-state index is 12.9. The Morgan fingerprint density at radius 1 is 1.33 bits per heavy atom. The first-order valence-corrected chi connectivity index (χ1v) is 5.44. The molecule has 1 aromatic heterocycles. The van der Waals surface area contributed by atoms with Crippen LogP contribution in [0, 0.1) is 0 Å². The molecule has 82 valence electrons. The Morgan fingerprint density at radius 3 is 2.53 bits per heavy atom. The minimum atomic E-state index is -0.622. The van der Waals surface area contributed by atoms with Crippen molar-refractivity contribution >= 4 is 11.6 Å². The van der Waals surface area contributed by atoms with E-state index >= 15 is 0 Å². The van der Waals surface area contributed by atoms with E-state index in [2.05, 4.69) is 14.9 Å². The number of hydrogen-bond donors (Lipinski definition) is 0. The molecule has 0 aromatic carbocycles. The highest BCUT2D eigenvalue weighted by atomic mass is 35.5. The van der Waals surface area contributed by atoms with Gasteiger partial charge >= 0.3 is 0 Å². The summed E-state index contributed by atoms with van der Waals surface area (Å²) in [5, 5.41) is 0.265. The molecule has 0 amide bonds. The smallest absolute Gasteiger partial charge is 0.222 e. The SMILES string of the molecule is FC1CCN(Cc2cnc(Cl)nc2)CC1. The molecule has 2 rings (SSSR count). The molecule has 0 radical (unpaired) electrons. The highest BCUT2D eigenvalue weighted by molar-refractivity contribution is 6.28. The van der Waals surface area contributed by atoms with Gasteiger partial charge in [0.2, 0.25) is 5.28 Å². The van der Waals surface area contributed by atoms with Crippen LogP contribution in [0.5, 0.6) is 0 Å². The van der Waals surface area contributed by atoms with Gasteiger partial charge < -0.3 is 0 Å². The van der Waals surface area contributed by atoms with E-state index in [1.54, 1.807) is 12.4 Å². The summed E-state index contributed by atoms with van der Waals surface area (Å²) in [7, 11) is 0. The van der Waals surface area contributed by atoms with Crippen molar-refractivity contribution in [3.8, 4) is 0 Å². The molecule has 1 saturated heterocycles. The highest BCUT2D eigenvalue weighted by Crippen LogP contribution is 2.15. The number of piperidine rings is 1. The highest BCUT2D eigenvalue weighted by Gasteiger charge is 2.18. The van der Waals surface area contributed by atoms with Gasteiger partial charge in [-0.25, -0.2) is 14.4 Å². The predicted octanol–water partition coefficient (Wildman–Crippen LogP) is 2.06. The Labute approximate surface area is 93.3 Å². The second-order valence-corrected chi connectivity index (χ2v) is 4.15. The van der Waals surface area contributed by atoms with E-state index in [1.165, 1.54) is 0 Å². The van der Waals surface area contributed by atoms with Crippen molar-refractivity contribution in [2.45, 2.75) is 25.6 Å². The molecule has 1 fully saturated rings. The molecule has 0 spiro atoms. The zero-order valence-corrected chi connectivity index (χ0v) is 9.12. The van der Waals surface area contributed by atoms with E-state index < -0.39 is 6.17 Å². The van der Waals surface area contributed by atoms with Gasteiger partial charge in [-0.05, 0) is 24.4 Å². The number of alkyl halides is 1. The zero-order valence-electron chi connectivity index (χ0n) is 8.37. The van der Waals surface area contributed by atoms with Crippen molar-refractivity contribution in [3.05, 3.63) is 23.2 Å². The lowest BCUT2D eigenvalue weighted by atomic mass is 10.1. The zero-order chi connectivity index (χ0) is 10.7. The van der Waals surface area contributed by atoms with Crippen molar-refractivity contribution in [1.82, 2.24) is 14.9 Å². The molecule has 0 N–H and O–H groups in total. The summed E-state index contributed by atoms with van der Waals surface area (Å²) in [6.07, 6.45) is 4.08. The van der Waals surface area contributed by atoms with E-state index in [1.807, 2.05) is 0 Å². The average molecular weight is 230 g/mol. The quantitative estimate of drug-likeness (QED) is 0.727. The third-order valence-corrected chi connectivity index (χ3v) is 2.79. The molecule has 0 unspecified atom stereocenters. The minimum Gasteiger partial charge on any atom is -0.299 e. The van der Waals surface area contributed by atoms with Crippen LogP contribution in [0.1, 0.15) is 18.4 Å². The van der Waals surface area contributed by atoms with E-state index in [4.69, 9.17) is 11.6 Å². The molecular formula is C10H13ClFN3. The van der Waals surface area contributed by atoms with Crippen LogP contribution in [0.25, 0.3) is 0 Å². The second kappa shape index (κ2) is 4.86. The molecule has 0 bridgehead atoms. The van der Waals surface area contributed by atoms with Gasteiger partial charge in [0.1, 0.15) is 6.17 Å². The third-order valence-electron chi connectivity index (χ3n) is 2.60. The van der Waals surface area contributed by atoms with Crippen LogP contribution in [-0.4, -0.2) is 34.1 Å². The minimum absolute atomic E-state index is 0.265. The van der Waals surface area contributed by atoms with Crippen molar-refractivity contribution in [3.63, 3.8) is 0 Å². The van der Waals surface area contributed by atoms with Crippen LogP contribution in [0.3, 0.4) is 0 Å². The van der Waals surface area contributed by atoms with E-state index in [0.29, 0.717) is 12.8 Å². The Bertz CT molecular complexity index is 309. The van der Waals surface area contributed by atoms with Crippen LogP contribution in [0.15, 0.2) is 12.4 Å². The van der Waals surface area contributed by atoms with Crippen molar-refractivity contribution in [2.24, 2.45) is 0 Å². The topological polar surface area (TPSA) is 29.0 Å². The fourth-order valence-electron chi connectivity index (χ4n) is 1.74. The summed E-state index contributed by atoms with van der Waals surface area (Å²) < 4.78 is 12.9. The van der Waals surface area contributed by atoms with Crippen LogP contribution in [0.4, 0.5) is 4.39 Å². The van der Waals surface area contributed by atoms with Gasteiger partial charge in [0.05, 0.1) is 0 Å². The lowest BCUT2D eigenvalue weighted by Gasteiger charge is -2.28. The maximum Gasteiger partial charge on any atom is 0.222 e. The van der Waals surface area contributed by atoms with Crippen LogP contribution < -0.4 is 0 Å². The molecule has 0 aliphatic carbocycles. The van der Waals surface area contributed by atoms with E-state index in [-0.39, 0.29) is 5.28 Å². The molecule has 3 nitrogen and oxygen atoms in total. The summed E-state index contributed by atoms with van der Waals surface area (Å²) in [6.45, 7) is 2.40. The first-order chi connectivity index (χ1) is 7.24. The summed E-state index contributed by atoms with van der Waals surface area (Å²) in [5.41, 5.74) is 1.02. The number of aromatic nitrogens is 2. The first kappa shape index (κ1) is 10.8. The molecule has 0 atom stereocenters. The fourth-order valence-corrected chi connectivity index (χ4v) is 1.84. The van der Waals surface area contributed by atoms with Gasteiger partial charge in [0, 0.05) is 37.6 Å². The Kier molecular flexibility index (Phi) is 3.49. The standard InChI is InChI=1S/C10H13ClFN3/c11-10-13-5-8(6-14-10)7-15-3-1-9(12)2-4-15/h5-6,9H,1-4,7H2.